The minimum Gasteiger partial charge on any atom is -0.444 e. The molecule has 38 heavy (non-hydrogen) atoms. The van der Waals surface area contributed by atoms with Crippen molar-refractivity contribution in [1.82, 2.24) is 31.0 Å². The Kier molecular flexibility index (Phi) is 9.30. The van der Waals surface area contributed by atoms with Gasteiger partial charge < -0.3 is 35.6 Å². The van der Waals surface area contributed by atoms with Crippen molar-refractivity contribution in [2.45, 2.75) is 78.0 Å². The average molecular weight is 529 g/mol. The van der Waals surface area contributed by atoms with Crippen LogP contribution >= 0.6 is 0 Å². The zero-order valence-corrected chi connectivity index (χ0v) is 23.9. The number of aromatic nitrogens is 1. The van der Waals surface area contributed by atoms with Crippen LogP contribution in [0.2, 0.25) is 0 Å². The van der Waals surface area contributed by atoms with Crippen LogP contribution in [0.4, 0.5) is 10.6 Å². The van der Waals surface area contributed by atoms with Crippen LogP contribution in [0.15, 0.2) is 18.3 Å². The van der Waals surface area contributed by atoms with Crippen LogP contribution in [0.5, 0.6) is 0 Å². The molecule has 0 atom stereocenters. The first-order valence-corrected chi connectivity index (χ1v) is 13.4. The monoisotopic (exact) mass is 529 g/mol. The van der Waals surface area contributed by atoms with Crippen LogP contribution < -0.4 is 31.5 Å². The van der Waals surface area contributed by atoms with E-state index in [1.165, 1.54) is 0 Å². The number of hydrogen-bond donors (Lipinski definition) is 4. The fraction of sp³-hybridized carbons (Fsp3) is 0.692. The molecule has 2 saturated heterocycles. The Morgan fingerprint density at radius 1 is 0.974 bits per heavy atom. The normalized spacial score (nSPS) is 18.8. The van der Waals surface area contributed by atoms with Gasteiger partial charge in [0, 0.05) is 69.4 Å². The van der Waals surface area contributed by atoms with Crippen molar-refractivity contribution in [1.29, 1.82) is 0 Å². The van der Waals surface area contributed by atoms with E-state index in [9.17, 15) is 14.4 Å². The van der Waals surface area contributed by atoms with Crippen LogP contribution in [0.1, 0.15) is 61.3 Å². The number of piperazine rings is 1. The largest absolute Gasteiger partial charge is 0.444 e. The van der Waals surface area contributed by atoms with E-state index >= 15 is 0 Å². The zero-order valence-electron chi connectivity index (χ0n) is 23.9. The molecule has 0 unspecified atom stereocenters. The number of amides is 3. The minimum atomic E-state index is -0.569. The van der Waals surface area contributed by atoms with E-state index in [2.05, 4.69) is 59.8 Å². The van der Waals surface area contributed by atoms with Gasteiger partial charge in [0.1, 0.15) is 11.4 Å². The molecule has 12 heteroatoms. The molecule has 3 rings (SSSR count). The molecule has 2 aliphatic heterocycles. The Bertz CT molecular complexity index is 970. The molecule has 1 aromatic heterocycles. The smallest absolute Gasteiger partial charge is 0.407 e. The molecule has 2 fully saturated rings. The standard InChI is InChI=1S/C26H44BN7O4/c1-24(2,3)38-23(37)29-13-12-28-21(35)10-11-22(36)34-16-14-33(15-17-34)20-9-8-19(18-30-20)27-31-25(4,5)26(6,7)32-27/h8-9,18,31-32H,10-17H2,1-7H3,(H,28,35)(H,29,37). The number of nitrogens with one attached hydrogen (secondary N) is 4. The van der Waals surface area contributed by atoms with Crippen LogP contribution in [0, 0.1) is 0 Å². The highest BCUT2D eigenvalue weighted by Crippen LogP contribution is 2.26. The summed E-state index contributed by atoms with van der Waals surface area (Å²) in [6.45, 7) is 17.3. The van der Waals surface area contributed by atoms with E-state index in [-0.39, 0.29) is 55.8 Å². The average Bonchev–Trinajstić information content (AvgIpc) is 3.06. The Labute approximate surface area is 226 Å². The van der Waals surface area contributed by atoms with Crippen molar-refractivity contribution >= 4 is 36.2 Å². The van der Waals surface area contributed by atoms with Crippen molar-refractivity contribution in [2.75, 3.05) is 44.2 Å². The fourth-order valence-electron chi connectivity index (χ4n) is 4.37. The molecular weight excluding hydrogens is 485 g/mol. The minimum absolute atomic E-state index is 0.0291. The Morgan fingerprint density at radius 2 is 1.58 bits per heavy atom. The number of carbonyl (C=O) groups excluding carboxylic acids is 3. The summed E-state index contributed by atoms with van der Waals surface area (Å²) in [5.74, 6) is 0.653. The predicted octanol–water partition coefficient (Wildman–Crippen LogP) is 0.597. The number of anilines is 1. The summed E-state index contributed by atoms with van der Waals surface area (Å²) < 4.78 is 5.14. The highest BCUT2D eigenvalue weighted by molar-refractivity contribution is 6.69. The highest BCUT2D eigenvalue weighted by atomic mass is 16.6. The number of hydrogen-bond acceptors (Lipinski definition) is 8. The van der Waals surface area contributed by atoms with E-state index in [0.29, 0.717) is 26.2 Å². The van der Waals surface area contributed by atoms with Gasteiger partial charge in [-0.2, -0.15) is 0 Å². The molecule has 4 N–H and O–H groups in total. The molecule has 11 nitrogen and oxygen atoms in total. The molecule has 210 valence electrons. The zero-order chi connectivity index (χ0) is 28.1. The molecule has 0 radical (unpaired) electrons. The molecular formula is C26H44BN7O4. The second-order valence-electron chi connectivity index (χ2n) is 12.1. The van der Waals surface area contributed by atoms with Gasteiger partial charge in [-0.1, -0.05) is 6.07 Å². The molecule has 0 spiro atoms. The molecule has 1 aromatic rings. The Balaban J connectivity index is 1.35. The Hall–Kier alpha value is -2.86. The van der Waals surface area contributed by atoms with Crippen LogP contribution in [-0.4, -0.2) is 90.7 Å². The summed E-state index contributed by atoms with van der Waals surface area (Å²) in [6, 6.07) is 4.14. The molecule has 0 bridgehead atoms. The van der Waals surface area contributed by atoms with Gasteiger partial charge in [-0.25, -0.2) is 9.78 Å². The lowest BCUT2D eigenvalue weighted by Gasteiger charge is -2.35. The lowest BCUT2D eigenvalue weighted by atomic mass is 9.70. The number of alkyl carbamates (subject to hydrolysis) is 1. The van der Waals surface area contributed by atoms with Gasteiger partial charge in [0.05, 0.1) is 0 Å². The van der Waals surface area contributed by atoms with Gasteiger partial charge in [0.2, 0.25) is 11.8 Å². The number of ether oxygens (including phenoxy) is 1. The molecule has 0 aliphatic carbocycles. The van der Waals surface area contributed by atoms with E-state index in [4.69, 9.17) is 9.72 Å². The first kappa shape index (κ1) is 29.7. The second-order valence-corrected chi connectivity index (χ2v) is 12.1. The number of nitrogens with zero attached hydrogens (tertiary/aromatic N) is 3. The summed E-state index contributed by atoms with van der Waals surface area (Å²) in [6.07, 6.45) is 1.66. The van der Waals surface area contributed by atoms with Crippen molar-refractivity contribution in [3.8, 4) is 0 Å². The van der Waals surface area contributed by atoms with Gasteiger partial charge in [-0.05, 0) is 60.0 Å². The maximum absolute atomic E-state index is 12.6. The third-order valence-electron chi connectivity index (χ3n) is 7.31. The maximum atomic E-state index is 12.6. The van der Waals surface area contributed by atoms with Gasteiger partial charge in [-0.15, -0.1) is 0 Å². The second kappa shape index (κ2) is 11.9. The van der Waals surface area contributed by atoms with Crippen LogP contribution in [0.25, 0.3) is 0 Å². The molecule has 2 aliphatic rings. The molecule has 3 amide bonds. The number of rotatable bonds is 8. The van der Waals surface area contributed by atoms with Gasteiger partial charge in [0.15, 0.2) is 0 Å². The summed E-state index contributed by atoms with van der Waals surface area (Å²) in [5, 5.41) is 12.6. The summed E-state index contributed by atoms with van der Waals surface area (Å²) in [5.41, 5.74) is 0.442. The maximum Gasteiger partial charge on any atom is 0.407 e. The first-order valence-electron chi connectivity index (χ1n) is 13.4. The van der Waals surface area contributed by atoms with Crippen LogP contribution in [-0.2, 0) is 14.3 Å². The topological polar surface area (TPSA) is 128 Å². The van der Waals surface area contributed by atoms with Gasteiger partial charge in [-0.3, -0.25) is 9.59 Å². The van der Waals surface area contributed by atoms with Crippen molar-refractivity contribution < 1.29 is 19.1 Å². The van der Waals surface area contributed by atoms with Gasteiger partial charge >= 0.3 is 13.1 Å². The van der Waals surface area contributed by atoms with E-state index < -0.39 is 11.7 Å². The summed E-state index contributed by atoms with van der Waals surface area (Å²) in [4.78, 5) is 45.0. The van der Waals surface area contributed by atoms with Crippen molar-refractivity contribution in [3.63, 3.8) is 0 Å². The number of pyridine rings is 1. The molecule has 0 aromatic carbocycles. The SMILES string of the molecule is CC(C)(C)OC(=O)NCCNC(=O)CCC(=O)N1CCN(c2ccc(B3NC(C)(C)C(C)(C)N3)cn2)CC1. The third kappa shape index (κ3) is 8.07. The molecule has 3 heterocycles. The molecule has 0 saturated carbocycles. The quantitative estimate of drug-likeness (QED) is 0.285. The van der Waals surface area contributed by atoms with E-state index in [1.54, 1.807) is 25.7 Å². The van der Waals surface area contributed by atoms with E-state index in [0.717, 1.165) is 11.3 Å². The predicted molar refractivity (Wildman–Crippen MR) is 149 cm³/mol. The summed E-state index contributed by atoms with van der Waals surface area (Å²) >= 11 is 0. The van der Waals surface area contributed by atoms with E-state index in [1.807, 2.05) is 12.3 Å². The van der Waals surface area contributed by atoms with Gasteiger partial charge in [0.25, 0.3) is 0 Å². The van der Waals surface area contributed by atoms with Crippen molar-refractivity contribution in [2.24, 2.45) is 0 Å². The van der Waals surface area contributed by atoms with Crippen LogP contribution in [0.3, 0.4) is 0 Å². The highest BCUT2D eigenvalue weighted by Gasteiger charge is 2.47. The summed E-state index contributed by atoms with van der Waals surface area (Å²) in [7, 11) is 0. The Morgan fingerprint density at radius 3 is 2.13 bits per heavy atom. The fourth-order valence-corrected chi connectivity index (χ4v) is 4.37. The lowest BCUT2D eigenvalue weighted by molar-refractivity contribution is -0.133. The third-order valence-corrected chi connectivity index (χ3v) is 7.31. The number of carbonyl (C=O) groups is 3. The van der Waals surface area contributed by atoms with Crippen molar-refractivity contribution in [3.05, 3.63) is 18.3 Å². The lowest BCUT2D eigenvalue weighted by Crippen LogP contribution is -2.52. The first-order chi connectivity index (χ1) is 17.7.